The molecule has 1 atom stereocenters. The van der Waals surface area contributed by atoms with Crippen molar-refractivity contribution in [3.05, 3.63) is 35.6 Å². The number of rotatable bonds is 7. The van der Waals surface area contributed by atoms with Crippen molar-refractivity contribution in [1.29, 1.82) is 0 Å². The van der Waals surface area contributed by atoms with E-state index in [0.29, 0.717) is 6.04 Å². The number of benzene rings is 1. The van der Waals surface area contributed by atoms with Crippen LogP contribution >= 0.6 is 0 Å². The first-order valence-corrected chi connectivity index (χ1v) is 5.73. The molecule has 0 heterocycles. The van der Waals surface area contributed by atoms with Gasteiger partial charge < -0.3 is 10.1 Å². The normalized spacial score (nSPS) is 12.7. The maximum Gasteiger partial charge on any atom is 0.123 e. The summed E-state index contributed by atoms with van der Waals surface area (Å²) in [6.45, 7) is 3.72. The highest BCUT2D eigenvalue weighted by Gasteiger charge is 2.08. The van der Waals surface area contributed by atoms with E-state index < -0.39 is 0 Å². The topological polar surface area (TPSA) is 21.3 Å². The molecule has 90 valence electrons. The Bertz CT molecular complexity index is 304. The predicted molar refractivity (Wildman–Crippen MR) is 64.1 cm³/mol. The smallest absolute Gasteiger partial charge is 0.123 e. The van der Waals surface area contributed by atoms with E-state index in [-0.39, 0.29) is 5.82 Å². The van der Waals surface area contributed by atoms with Crippen LogP contribution in [0.3, 0.4) is 0 Å². The van der Waals surface area contributed by atoms with Gasteiger partial charge in [0.05, 0.1) is 0 Å². The van der Waals surface area contributed by atoms with Crippen LogP contribution in [0.25, 0.3) is 0 Å². The molecule has 0 aliphatic carbocycles. The monoisotopic (exact) mass is 225 g/mol. The van der Waals surface area contributed by atoms with Gasteiger partial charge in [-0.05, 0) is 37.1 Å². The Hall–Kier alpha value is -0.930. The molecule has 1 aromatic carbocycles. The Morgan fingerprint density at radius 1 is 1.44 bits per heavy atom. The Morgan fingerprint density at radius 3 is 2.88 bits per heavy atom. The molecule has 0 saturated carbocycles. The third-order valence-electron chi connectivity index (χ3n) is 2.53. The molecule has 0 bridgehead atoms. The number of likely N-dealkylation sites (N-methyl/N-ethyl adjacent to an activating group) is 1. The fourth-order valence-electron chi connectivity index (χ4n) is 1.77. The molecule has 1 aromatic rings. The second-order valence-corrected chi connectivity index (χ2v) is 3.87. The summed E-state index contributed by atoms with van der Waals surface area (Å²) in [5.41, 5.74) is 1.03. The number of hydrogen-bond acceptors (Lipinski definition) is 2. The van der Waals surface area contributed by atoms with Crippen molar-refractivity contribution in [3.63, 3.8) is 0 Å². The highest BCUT2D eigenvalue weighted by molar-refractivity contribution is 5.17. The van der Waals surface area contributed by atoms with Crippen LogP contribution in [0.4, 0.5) is 4.39 Å². The fourth-order valence-corrected chi connectivity index (χ4v) is 1.77. The van der Waals surface area contributed by atoms with E-state index in [0.717, 1.165) is 31.6 Å². The molecule has 0 spiro atoms. The second-order valence-electron chi connectivity index (χ2n) is 3.87. The van der Waals surface area contributed by atoms with Gasteiger partial charge in [-0.1, -0.05) is 19.1 Å². The standard InChI is InChI=1S/C13H20FNO/c1-3-15-13(7-8-16-2)10-11-5-4-6-12(14)9-11/h4-6,9,13,15H,3,7-8,10H2,1-2H3. The van der Waals surface area contributed by atoms with E-state index in [1.165, 1.54) is 6.07 Å². The van der Waals surface area contributed by atoms with Crippen molar-refractivity contribution in [2.75, 3.05) is 20.3 Å². The van der Waals surface area contributed by atoms with Gasteiger partial charge in [0.15, 0.2) is 0 Å². The fraction of sp³-hybridized carbons (Fsp3) is 0.538. The molecular weight excluding hydrogens is 205 g/mol. The van der Waals surface area contributed by atoms with E-state index in [9.17, 15) is 4.39 Å². The minimum atomic E-state index is -0.167. The average molecular weight is 225 g/mol. The number of nitrogens with one attached hydrogen (secondary N) is 1. The Labute approximate surface area is 96.8 Å². The molecule has 1 N–H and O–H groups in total. The van der Waals surface area contributed by atoms with E-state index in [4.69, 9.17) is 4.74 Å². The minimum absolute atomic E-state index is 0.167. The molecule has 1 unspecified atom stereocenters. The van der Waals surface area contributed by atoms with Crippen molar-refractivity contribution in [2.45, 2.75) is 25.8 Å². The molecule has 0 fully saturated rings. The van der Waals surface area contributed by atoms with Gasteiger partial charge in [-0.2, -0.15) is 0 Å². The first-order chi connectivity index (χ1) is 7.76. The lowest BCUT2D eigenvalue weighted by molar-refractivity contribution is 0.183. The highest BCUT2D eigenvalue weighted by Crippen LogP contribution is 2.08. The van der Waals surface area contributed by atoms with Crippen molar-refractivity contribution >= 4 is 0 Å². The lowest BCUT2D eigenvalue weighted by atomic mass is 10.0. The molecule has 0 saturated heterocycles. The van der Waals surface area contributed by atoms with Gasteiger partial charge in [-0.15, -0.1) is 0 Å². The molecule has 0 aromatic heterocycles. The summed E-state index contributed by atoms with van der Waals surface area (Å²) in [7, 11) is 1.70. The Morgan fingerprint density at radius 2 is 2.25 bits per heavy atom. The van der Waals surface area contributed by atoms with Gasteiger partial charge >= 0.3 is 0 Å². The zero-order valence-corrected chi connectivity index (χ0v) is 10.0. The third-order valence-corrected chi connectivity index (χ3v) is 2.53. The summed E-state index contributed by atoms with van der Waals surface area (Å²) in [6.07, 6.45) is 1.79. The van der Waals surface area contributed by atoms with Gasteiger partial charge in [0.1, 0.15) is 5.82 Å². The van der Waals surface area contributed by atoms with Crippen LogP contribution in [-0.2, 0) is 11.2 Å². The second kappa shape index (κ2) is 7.36. The van der Waals surface area contributed by atoms with Crippen molar-refractivity contribution in [3.8, 4) is 0 Å². The lowest BCUT2D eigenvalue weighted by Crippen LogP contribution is -2.32. The van der Waals surface area contributed by atoms with Crippen LogP contribution in [0, 0.1) is 5.82 Å². The van der Waals surface area contributed by atoms with Crippen molar-refractivity contribution < 1.29 is 9.13 Å². The summed E-state index contributed by atoms with van der Waals surface area (Å²) < 4.78 is 18.1. The van der Waals surface area contributed by atoms with Crippen LogP contribution < -0.4 is 5.32 Å². The summed E-state index contributed by atoms with van der Waals surface area (Å²) in [5, 5.41) is 3.38. The van der Waals surface area contributed by atoms with E-state index in [2.05, 4.69) is 12.2 Å². The van der Waals surface area contributed by atoms with Crippen LogP contribution in [-0.4, -0.2) is 26.3 Å². The number of ether oxygens (including phenoxy) is 1. The van der Waals surface area contributed by atoms with Crippen LogP contribution in [0.2, 0.25) is 0 Å². The first-order valence-electron chi connectivity index (χ1n) is 5.73. The van der Waals surface area contributed by atoms with Gasteiger partial charge in [-0.25, -0.2) is 4.39 Å². The quantitative estimate of drug-likeness (QED) is 0.769. The van der Waals surface area contributed by atoms with E-state index in [1.54, 1.807) is 19.2 Å². The predicted octanol–water partition coefficient (Wildman–Crippen LogP) is 2.38. The van der Waals surface area contributed by atoms with E-state index in [1.807, 2.05) is 6.07 Å². The molecule has 0 radical (unpaired) electrons. The minimum Gasteiger partial charge on any atom is -0.385 e. The Kier molecular flexibility index (Phi) is 6.04. The third kappa shape index (κ3) is 4.73. The average Bonchev–Trinajstić information content (AvgIpc) is 2.26. The maximum absolute atomic E-state index is 13.0. The zero-order valence-electron chi connectivity index (χ0n) is 10.0. The molecular formula is C13H20FNO. The zero-order chi connectivity index (χ0) is 11.8. The van der Waals surface area contributed by atoms with Gasteiger partial charge in [-0.3, -0.25) is 0 Å². The number of methoxy groups -OCH3 is 1. The van der Waals surface area contributed by atoms with Crippen LogP contribution in [0.5, 0.6) is 0 Å². The van der Waals surface area contributed by atoms with Crippen molar-refractivity contribution in [2.24, 2.45) is 0 Å². The highest BCUT2D eigenvalue weighted by atomic mass is 19.1. The van der Waals surface area contributed by atoms with Crippen LogP contribution in [0.1, 0.15) is 18.9 Å². The molecule has 0 aliphatic rings. The summed E-state index contributed by atoms with van der Waals surface area (Å²) in [5.74, 6) is -0.167. The summed E-state index contributed by atoms with van der Waals surface area (Å²) >= 11 is 0. The molecule has 1 rings (SSSR count). The molecule has 16 heavy (non-hydrogen) atoms. The number of halogens is 1. The molecule has 0 amide bonds. The SMILES string of the molecule is CCNC(CCOC)Cc1cccc(F)c1. The van der Waals surface area contributed by atoms with E-state index >= 15 is 0 Å². The molecule has 3 heteroatoms. The Balaban J connectivity index is 2.52. The maximum atomic E-state index is 13.0. The van der Waals surface area contributed by atoms with Gasteiger partial charge in [0, 0.05) is 19.8 Å². The van der Waals surface area contributed by atoms with Gasteiger partial charge in [0.25, 0.3) is 0 Å². The largest absolute Gasteiger partial charge is 0.385 e. The van der Waals surface area contributed by atoms with Crippen LogP contribution in [0.15, 0.2) is 24.3 Å². The van der Waals surface area contributed by atoms with Crippen molar-refractivity contribution in [1.82, 2.24) is 5.32 Å². The first kappa shape index (κ1) is 13.1. The lowest BCUT2D eigenvalue weighted by Gasteiger charge is -2.17. The summed E-state index contributed by atoms with van der Waals surface area (Å²) in [4.78, 5) is 0. The summed E-state index contributed by atoms with van der Waals surface area (Å²) in [6, 6.07) is 7.13. The molecule has 0 aliphatic heterocycles. The van der Waals surface area contributed by atoms with Gasteiger partial charge in [0.2, 0.25) is 0 Å². The number of hydrogen-bond donors (Lipinski definition) is 1. The molecule has 2 nitrogen and oxygen atoms in total.